The number of rotatable bonds is 4. The fourth-order valence-corrected chi connectivity index (χ4v) is 2.37. The molecule has 2 aromatic rings. The molecule has 3 heteroatoms. The van der Waals surface area contributed by atoms with Crippen LogP contribution in [0.25, 0.3) is 0 Å². The van der Waals surface area contributed by atoms with Crippen molar-refractivity contribution in [3.63, 3.8) is 0 Å². The maximum atomic E-state index is 9.12. The Morgan fingerprint density at radius 3 is 2.45 bits per heavy atom. The lowest BCUT2D eigenvalue weighted by Gasteiger charge is -2.16. The van der Waals surface area contributed by atoms with E-state index in [1.807, 2.05) is 50.2 Å². The van der Waals surface area contributed by atoms with Gasteiger partial charge in [-0.2, -0.15) is 5.26 Å². The zero-order valence-electron chi connectivity index (χ0n) is 11.7. The van der Waals surface area contributed by atoms with Crippen molar-refractivity contribution in [3.8, 4) is 6.07 Å². The van der Waals surface area contributed by atoms with Crippen molar-refractivity contribution in [2.45, 2.75) is 25.8 Å². The Labute approximate surface area is 128 Å². The maximum Gasteiger partial charge on any atom is 0.0766 e. The Balaban J connectivity index is 2.03. The fourth-order valence-electron chi connectivity index (χ4n) is 1.92. The summed E-state index contributed by atoms with van der Waals surface area (Å²) < 4.78 is 1.09. The van der Waals surface area contributed by atoms with Crippen molar-refractivity contribution in [1.29, 1.82) is 5.26 Å². The van der Waals surface area contributed by atoms with E-state index in [2.05, 4.69) is 39.4 Å². The van der Waals surface area contributed by atoms with Gasteiger partial charge >= 0.3 is 0 Å². The standard InChI is InChI=1S/C17H17BrN2/c1-17(2,12-19)14-6-8-16(9-7-14)20-11-13-4-3-5-15(18)10-13/h3-10,20H,11H2,1-2H3. The lowest BCUT2D eigenvalue weighted by atomic mass is 9.86. The number of anilines is 1. The van der Waals surface area contributed by atoms with E-state index in [4.69, 9.17) is 5.26 Å². The van der Waals surface area contributed by atoms with Gasteiger partial charge in [-0.15, -0.1) is 0 Å². The van der Waals surface area contributed by atoms with Gasteiger partial charge in [0.15, 0.2) is 0 Å². The molecule has 102 valence electrons. The molecular weight excluding hydrogens is 312 g/mol. The Hall–Kier alpha value is -1.79. The molecule has 0 bridgehead atoms. The van der Waals surface area contributed by atoms with E-state index in [1.54, 1.807) is 0 Å². The molecule has 0 atom stereocenters. The van der Waals surface area contributed by atoms with Gasteiger partial charge < -0.3 is 5.32 Å². The first kappa shape index (κ1) is 14.6. The zero-order chi connectivity index (χ0) is 14.6. The summed E-state index contributed by atoms with van der Waals surface area (Å²) in [7, 11) is 0. The first-order valence-electron chi connectivity index (χ1n) is 6.51. The van der Waals surface area contributed by atoms with E-state index in [9.17, 15) is 0 Å². The summed E-state index contributed by atoms with van der Waals surface area (Å²) in [5.41, 5.74) is 2.87. The van der Waals surface area contributed by atoms with Gasteiger partial charge in [-0.3, -0.25) is 0 Å². The average Bonchev–Trinajstić information content (AvgIpc) is 2.46. The summed E-state index contributed by atoms with van der Waals surface area (Å²) in [6.45, 7) is 4.63. The van der Waals surface area contributed by atoms with Crippen LogP contribution in [0.3, 0.4) is 0 Å². The molecule has 0 fully saturated rings. The van der Waals surface area contributed by atoms with Crippen LogP contribution in [0.15, 0.2) is 53.0 Å². The Morgan fingerprint density at radius 1 is 1.15 bits per heavy atom. The highest BCUT2D eigenvalue weighted by molar-refractivity contribution is 9.10. The number of nitrogens with one attached hydrogen (secondary N) is 1. The van der Waals surface area contributed by atoms with Crippen molar-refractivity contribution in [1.82, 2.24) is 0 Å². The summed E-state index contributed by atoms with van der Waals surface area (Å²) in [5.74, 6) is 0. The molecule has 20 heavy (non-hydrogen) atoms. The summed E-state index contributed by atoms with van der Waals surface area (Å²) in [6.07, 6.45) is 0. The lowest BCUT2D eigenvalue weighted by molar-refractivity contribution is 0.687. The van der Waals surface area contributed by atoms with E-state index in [0.29, 0.717) is 0 Å². The van der Waals surface area contributed by atoms with Crippen LogP contribution in [-0.2, 0) is 12.0 Å². The normalized spacial score (nSPS) is 10.9. The average molecular weight is 329 g/mol. The van der Waals surface area contributed by atoms with Crippen LogP contribution in [0.4, 0.5) is 5.69 Å². The van der Waals surface area contributed by atoms with Crippen LogP contribution >= 0.6 is 15.9 Å². The van der Waals surface area contributed by atoms with Gasteiger partial charge in [0.2, 0.25) is 0 Å². The minimum atomic E-state index is -0.442. The summed E-state index contributed by atoms with van der Waals surface area (Å²) in [5, 5.41) is 12.5. The van der Waals surface area contributed by atoms with Gasteiger partial charge in [0.05, 0.1) is 11.5 Å². The van der Waals surface area contributed by atoms with Gasteiger partial charge in [-0.25, -0.2) is 0 Å². The number of benzene rings is 2. The van der Waals surface area contributed by atoms with Crippen LogP contribution < -0.4 is 5.32 Å². The molecule has 0 saturated heterocycles. The minimum absolute atomic E-state index is 0.442. The lowest BCUT2D eigenvalue weighted by Crippen LogP contribution is -2.13. The summed E-state index contributed by atoms with van der Waals surface area (Å²) >= 11 is 3.47. The molecule has 0 unspecified atom stereocenters. The number of nitriles is 1. The molecule has 0 aliphatic rings. The molecule has 0 saturated carbocycles. The van der Waals surface area contributed by atoms with Crippen LogP contribution in [-0.4, -0.2) is 0 Å². The second-order valence-electron chi connectivity index (χ2n) is 5.30. The second kappa shape index (κ2) is 6.11. The molecule has 0 aliphatic carbocycles. The molecule has 0 radical (unpaired) electrons. The monoisotopic (exact) mass is 328 g/mol. The number of hydrogen-bond acceptors (Lipinski definition) is 2. The maximum absolute atomic E-state index is 9.12. The van der Waals surface area contributed by atoms with Gasteiger partial charge in [0.25, 0.3) is 0 Å². The molecule has 1 N–H and O–H groups in total. The van der Waals surface area contributed by atoms with Crippen molar-refractivity contribution in [3.05, 3.63) is 64.1 Å². The van der Waals surface area contributed by atoms with E-state index >= 15 is 0 Å². The van der Waals surface area contributed by atoms with Crippen molar-refractivity contribution < 1.29 is 0 Å². The van der Waals surface area contributed by atoms with Crippen molar-refractivity contribution in [2.75, 3.05) is 5.32 Å². The number of nitrogens with zero attached hydrogens (tertiary/aromatic N) is 1. The fraction of sp³-hybridized carbons (Fsp3) is 0.235. The van der Waals surface area contributed by atoms with Gasteiger partial charge in [-0.05, 0) is 49.2 Å². The predicted octanol–water partition coefficient (Wildman–Crippen LogP) is 4.86. The summed E-state index contributed by atoms with van der Waals surface area (Å²) in [6, 6.07) is 18.6. The molecule has 0 aromatic heterocycles. The predicted molar refractivity (Wildman–Crippen MR) is 86.5 cm³/mol. The molecule has 0 heterocycles. The Morgan fingerprint density at radius 2 is 1.85 bits per heavy atom. The topological polar surface area (TPSA) is 35.8 Å². The SMILES string of the molecule is CC(C)(C#N)c1ccc(NCc2cccc(Br)c2)cc1. The molecular formula is C17H17BrN2. The van der Waals surface area contributed by atoms with Gasteiger partial charge in [0.1, 0.15) is 0 Å². The quantitative estimate of drug-likeness (QED) is 0.869. The third-order valence-electron chi connectivity index (χ3n) is 3.27. The van der Waals surface area contributed by atoms with Crippen molar-refractivity contribution in [2.24, 2.45) is 0 Å². The first-order valence-corrected chi connectivity index (χ1v) is 7.31. The highest BCUT2D eigenvalue weighted by Crippen LogP contribution is 2.23. The van der Waals surface area contributed by atoms with Crippen LogP contribution in [0.1, 0.15) is 25.0 Å². The molecule has 0 spiro atoms. The second-order valence-corrected chi connectivity index (χ2v) is 6.21. The Bertz CT molecular complexity index is 624. The largest absolute Gasteiger partial charge is 0.381 e. The van der Waals surface area contributed by atoms with E-state index in [-0.39, 0.29) is 0 Å². The number of hydrogen-bond donors (Lipinski definition) is 1. The van der Waals surface area contributed by atoms with E-state index in [1.165, 1.54) is 5.56 Å². The third-order valence-corrected chi connectivity index (χ3v) is 3.77. The van der Waals surface area contributed by atoms with Gasteiger partial charge in [-0.1, -0.05) is 40.2 Å². The van der Waals surface area contributed by atoms with E-state index in [0.717, 1.165) is 22.3 Å². The molecule has 0 amide bonds. The van der Waals surface area contributed by atoms with Crippen molar-refractivity contribution >= 4 is 21.6 Å². The zero-order valence-corrected chi connectivity index (χ0v) is 13.2. The highest BCUT2D eigenvalue weighted by Gasteiger charge is 2.18. The number of halogens is 1. The summed E-state index contributed by atoms with van der Waals surface area (Å²) in [4.78, 5) is 0. The highest BCUT2D eigenvalue weighted by atomic mass is 79.9. The molecule has 0 aliphatic heterocycles. The van der Waals surface area contributed by atoms with Crippen LogP contribution in [0, 0.1) is 11.3 Å². The Kier molecular flexibility index (Phi) is 4.46. The van der Waals surface area contributed by atoms with Crippen LogP contribution in [0.5, 0.6) is 0 Å². The smallest absolute Gasteiger partial charge is 0.0766 e. The molecule has 2 aromatic carbocycles. The molecule has 2 nitrogen and oxygen atoms in total. The molecule has 2 rings (SSSR count). The first-order chi connectivity index (χ1) is 9.51. The minimum Gasteiger partial charge on any atom is -0.381 e. The van der Waals surface area contributed by atoms with Crippen LogP contribution in [0.2, 0.25) is 0 Å². The van der Waals surface area contributed by atoms with E-state index < -0.39 is 5.41 Å². The third kappa shape index (κ3) is 3.61. The van der Waals surface area contributed by atoms with Gasteiger partial charge in [0, 0.05) is 16.7 Å².